The quantitative estimate of drug-likeness (QED) is 0.819. The molecule has 0 bridgehead atoms. The molecule has 1 atom stereocenters. The number of sulfonamides is 1. The van der Waals surface area contributed by atoms with E-state index in [-0.39, 0.29) is 6.04 Å². The Hall–Kier alpha value is -0.850. The lowest BCUT2D eigenvalue weighted by molar-refractivity contribution is 0.335. The van der Waals surface area contributed by atoms with Crippen molar-refractivity contribution in [3.05, 3.63) is 18.5 Å². The highest BCUT2D eigenvalue weighted by molar-refractivity contribution is 7.89. The fourth-order valence-corrected chi connectivity index (χ4v) is 3.93. The first-order valence-electron chi connectivity index (χ1n) is 6.01. The Morgan fingerprint density at radius 2 is 2.35 bits per heavy atom. The van der Waals surface area contributed by atoms with Crippen LogP contribution in [-0.4, -0.2) is 43.4 Å². The van der Waals surface area contributed by atoms with Crippen LogP contribution in [0, 0.1) is 0 Å². The van der Waals surface area contributed by atoms with Crippen molar-refractivity contribution < 1.29 is 8.42 Å². The molecule has 0 saturated carbocycles. The highest BCUT2D eigenvalue weighted by Gasteiger charge is 2.32. The Morgan fingerprint density at radius 1 is 1.53 bits per heavy atom. The highest BCUT2D eigenvalue weighted by atomic mass is 32.2. The van der Waals surface area contributed by atoms with E-state index in [4.69, 9.17) is 0 Å². The summed E-state index contributed by atoms with van der Waals surface area (Å²) < 4.78 is 26.5. The SMILES string of the molecule is CCCN(C1CCNC1)S(=O)(=O)c1cc[nH]c1. The molecule has 0 aromatic carbocycles. The second-order valence-corrected chi connectivity index (χ2v) is 6.20. The van der Waals surface area contributed by atoms with E-state index in [2.05, 4.69) is 10.3 Å². The lowest BCUT2D eigenvalue weighted by Gasteiger charge is -2.26. The summed E-state index contributed by atoms with van der Waals surface area (Å²) in [5, 5.41) is 3.21. The van der Waals surface area contributed by atoms with Gasteiger partial charge in [-0.05, 0) is 25.5 Å². The Balaban J connectivity index is 2.26. The lowest BCUT2D eigenvalue weighted by Crippen LogP contribution is -2.41. The van der Waals surface area contributed by atoms with Crippen LogP contribution in [0.25, 0.3) is 0 Å². The van der Waals surface area contributed by atoms with Gasteiger partial charge < -0.3 is 10.3 Å². The molecule has 1 aliphatic heterocycles. The number of rotatable bonds is 5. The number of H-pyrrole nitrogens is 1. The molecule has 2 heterocycles. The van der Waals surface area contributed by atoms with Crippen LogP contribution < -0.4 is 5.32 Å². The maximum Gasteiger partial charge on any atom is 0.244 e. The first-order chi connectivity index (χ1) is 8.16. The number of hydrogen-bond acceptors (Lipinski definition) is 3. The average Bonchev–Trinajstić information content (AvgIpc) is 2.97. The van der Waals surface area contributed by atoms with E-state index in [1.54, 1.807) is 22.8 Å². The second kappa shape index (κ2) is 5.20. The van der Waals surface area contributed by atoms with Gasteiger partial charge in [0, 0.05) is 31.5 Å². The van der Waals surface area contributed by atoms with Crippen LogP contribution in [0.4, 0.5) is 0 Å². The Bertz CT molecular complexity index is 435. The maximum absolute atomic E-state index is 12.4. The number of nitrogens with one attached hydrogen (secondary N) is 2. The molecule has 1 saturated heterocycles. The van der Waals surface area contributed by atoms with Gasteiger partial charge >= 0.3 is 0 Å². The molecule has 17 heavy (non-hydrogen) atoms. The standard InChI is InChI=1S/C11H19N3O2S/c1-2-7-14(10-3-5-12-8-10)17(15,16)11-4-6-13-9-11/h4,6,9-10,12-13H,2-3,5,7-8H2,1H3. The van der Waals surface area contributed by atoms with Crippen molar-refractivity contribution in [2.24, 2.45) is 0 Å². The molecule has 0 amide bonds. The number of nitrogens with zero attached hydrogens (tertiary/aromatic N) is 1. The third kappa shape index (κ3) is 2.53. The van der Waals surface area contributed by atoms with Crippen molar-refractivity contribution in [3.63, 3.8) is 0 Å². The number of aromatic amines is 1. The molecule has 0 spiro atoms. The van der Waals surface area contributed by atoms with Gasteiger partial charge in [-0.2, -0.15) is 4.31 Å². The molecule has 5 nitrogen and oxygen atoms in total. The molecule has 1 aromatic rings. The molecule has 6 heteroatoms. The smallest absolute Gasteiger partial charge is 0.244 e. The molecule has 1 unspecified atom stereocenters. The average molecular weight is 257 g/mol. The van der Waals surface area contributed by atoms with Crippen molar-refractivity contribution >= 4 is 10.0 Å². The summed E-state index contributed by atoms with van der Waals surface area (Å²) in [7, 11) is -3.34. The maximum atomic E-state index is 12.4. The van der Waals surface area contributed by atoms with Crippen molar-refractivity contribution in [1.29, 1.82) is 0 Å². The molecule has 96 valence electrons. The minimum absolute atomic E-state index is 0.0925. The number of aromatic nitrogens is 1. The fraction of sp³-hybridized carbons (Fsp3) is 0.636. The fourth-order valence-electron chi connectivity index (χ4n) is 2.21. The van der Waals surface area contributed by atoms with Gasteiger partial charge in [0.05, 0.1) is 4.90 Å². The van der Waals surface area contributed by atoms with Crippen molar-refractivity contribution in [2.45, 2.75) is 30.7 Å². The molecule has 2 rings (SSSR count). The predicted octanol–water partition coefficient (Wildman–Crippen LogP) is 0.777. The normalized spacial score (nSPS) is 21.2. The Morgan fingerprint density at radius 3 is 2.88 bits per heavy atom. The zero-order chi connectivity index (χ0) is 12.3. The van der Waals surface area contributed by atoms with Gasteiger partial charge in [-0.25, -0.2) is 8.42 Å². The molecule has 2 N–H and O–H groups in total. The Kier molecular flexibility index (Phi) is 3.86. The van der Waals surface area contributed by atoms with Crippen LogP contribution in [0.5, 0.6) is 0 Å². The summed E-state index contributed by atoms with van der Waals surface area (Å²) in [5.74, 6) is 0. The summed E-state index contributed by atoms with van der Waals surface area (Å²) >= 11 is 0. The molecular weight excluding hydrogens is 238 g/mol. The van der Waals surface area contributed by atoms with Gasteiger partial charge in [0.1, 0.15) is 0 Å². The zero-order valence-electron chi connectivity index (χ0n) is 10.0. The van der Waals surface area contributed by atoms with Crippen LogP contribution in [-0.2, 0) is 10.0 Å². The minimum atomic E-state index is -3.34. The first-order valence-corrected chi connectivity index (χ1v) is 7.45. The van der Waals surface area contributed by atoms with Gasteiger partial charge in [-0.15, -0.1) is 0 Å². The lowest BCUT2D eigenvalue weighted by atomic mass is 10.2. The molecule has 1 aromatic heterocycles. The van der Waals surface area contributed by atoms with Crippen molar-refractivity contribution in [1.82, 2.24) is 14.6 Å². The molecule has 1 aliphatic rings. The van der Waals surface area contributed by atoms with Crippen LogP contribution in [0.3, 0.4) is 0 Å². The first kappa shape index (κ1) is 12.6. The van der Waals surface area contributed by atoms with Gasteiger partial charge in [-0.1, -0.05) is 6.92 Å². The van der Waals surface area contributed by atoms with E-state index < -0.39 is 10.0 Å². The molecule has 0 radical (unpaired) electrons. The Labute approximate surface area is 102 Å². The van der Waals surface area contributed by atoms with Crippen molar-refractivity contribution in [3.8, 4) is 0 Å². The monoisotopic (exact) mass is 257 g/mol. The summed E-state index contributed by atoms with van der Waals surface area (Å²) in [5.41, 5.74) is 0. The van der Waals surface area contributed by atoms with E-state index in [0.717, 1.165) is 25.9 Å². The topological polar surface area (TPSA) is 65.2 Å². The second-order valence-electron chi connectivity index (χ2n) is 4.31. The van der Waals surface area contributed by atoms with Gasteiger partial charge in [0.15, 0.2) is 0 Å². The van der Waals surface area contributed by atoms with E-state index in [0.29, 0.717) is 11.4 Å². The zero-order valence-corrected chi connectivity index (χ0v) is 10.8. The number of hydrogen-bond donors (Lipinski definition) is 2. The predicted molar refractivity (Wildman–Crippen MR) is 66.3 cm³/mol. The van der Waals surface area contributed by atoms with Crippen LogP contribution in [0.2, 0.25) is 0 Å². The highest BCUT2D eigenvalue weighted by Crippen LogP contribution is 2.20. The van der Waals surface area contributed by atoms with Gasteiger partial charge in [0.25, 0.3) is 0 Å². The summed E-state index contributed by atoms with van der Waals surface area (Å²) in [6.45, 7) is 4.24. The van der Waals surface area contributed by atoms with Gasteiger partial charge in [0.2, 0.25) is 10.0 Å². The third-order valence-corrected chi connectivity index (χ3v) is 5.01. The summed E-state index contributed by atoms with van der Waals surface area (Å²) in [4.78, 5) is 3.16. The van der Waals surface area contributed by atoms with Crippen LogP contribution in [0.15, 0.2) is 23.4 Å². The van der Waals surface area contributed by atoms with Crippen molar-refractivity contribution in [2.75, 3.05) is 19.6 Å². The van der Waals surface area contributed by atoms with E-state index in [1.165, 1.54) is 0 Å². The van der Waals surface area contributed by atoms with Gasteiger partial charge in [-0.3, -0.25) is 0 Å². The molecule has 0 aliphatic carbocycles. The summed E-state index contributed by atoms with van der Waals surface area (Å²) in [6.07, 6.45) is 4.91. The van der Waals surface area contributed by atoms with E-state index in [1.807, 2.05) is 6.92 Å². The summed E-state index contributed by atoms with van der Waals surface area (Å²) in [6, 6.07) is 1.70. The molecular formula is C11H19N3O2S. The largest absolute Gasteiger partial charge is 0.366 e. The van der Waals surface area contributed by atoms with Crippen LogP contribution in [0.1, 0.15) is 19.8 Å². The van der Waals surface area contributed by atoms with E-state index in [9.17, 15) is 8.42 Å². The third-order valence-electron chi connectivity index (χ3n) is 3.06. The minimum Gasteiger partial charge on any atom is -0.366 e. The van der Waals surface area contributed by atoms with E-state index >= 15 is 0 Å². The van der Waals surface area contributed by atoms with Crippen LogP contribution >= 0.6 is 0 Å². The molecule has 1 fully saturated rings.